The van der Waals surface area contributed by atoms with Crippen LogP contribution in [0, 0.1) is 16.7 Å². The normalized spacial score (nSPS) is 30.8. The first-order valence-corrected chi connectivity index (χ1v) is 10.6. The summed E-state index contributed by atoms with van der Waals surface area (Å²) in [6.45, 7) is 8.80. The van der Waals surface area contributed by atoms with Crippen molar-refractivity contribution in [1.82, 2.24) is 9.88 Å². The molecule has 150 valence electrons. The lowest BCUT2D eigenvalue weighted by atomic mass is 9.65. The highest BCUT2D eigenvalue weighted by Crippen LogP contribution is 2.52. The number of nitrogens with one attached hydrogen (secondary N) is 1. The Bertz CT molecular complexity index is 847. The van der Waals surface area contributed by atoms with E-state index in [0.717, 1.165) is 38.0 Å². The Morgan fingerprint density at radius 3 is 2.82 bits per heavy atom. The molecular weight excluding hydrogens is 352 g/mol. The molecule has 2 bridgehead atoms. The molecule has 0 unspecified atom stereocenters. The molecule has 1 saturated heterocycles. The van der Waals surface area contributed by atoms with E-state index in [1.165, 1.54) is 12.8 Å². The van der Waals surface area contributed by atoms with Crippen LogP contribution < -0.4 is 10.2 Å². The monoisotopic (exact) mass is 382 g/mol. The van der Waals surface area contributed by atoms with Gasteiger partial charge >= 0.3 is 0 Å². The lowest BCUT2D eigenvalue weighted by Crippen LogP contribution is -2.42. The molecule has 0 spiro atoms. The summed E-state index contributed by atoms with van der Waals surface area (Å²) in [5, 5.41) is 3.10. The summed E-state index contributed by atoms with van der Waals surface area (Å²) in [5.74, 6) is 1.43. The molecule has 2 aliphatic heterocycles. The van der Waals surface area contributed by atoms with Gasteiger partial charge in [0.25, 0.3) is 5.91 Å². The van der Waals surface area contributed by atoms with Crippen molar-refractivity contribution in [3.05, 3.63) is 17.8 Å². The number of rotatable bonds is 3. The fourth-order valence-electron chi connectivity index (χ4n) is 5.92. The predicted molar refractivity (Wildman–Crippen MR) is 108 cm³/mol. The van der Waals surface area contributed by atoms with Crippen LogP contribution in [0.25, 0.3) is 0 Å². The zero-order chi connectivity index (χ0) is 19.7. The largest absolute Gasteiger partial charge is 0.359 e. The van der Waals surface area contributed by atoms with Gasteiger partial charge in [0.15, 0.2) is 0 Å². The second-order valence-corrected chi connectivity index (χ2v) is 10.5. The molecule has 4 aliphatic rings. The van der Waals surface area contributed by atoms with Crippen LogP contribution in [0.3, 0.4) is 0 Å². The Hall–Kier alpha value is -2.11. The number of hydrogen-bond acceptors (Lipinski definition) is 4. The van der Waals surface area contributed by atoms with Gasteiger partial charge in [-0.15, -0.1) is 0 Å². The average molecular weight is 383 g/mol. The van der Waals surface area contributed by atoms with E-state index < -0.39 is 0 Å². The van der Waals surface area contributed by atoms with Crippen LogP contribution in [0.1, 0.15) is 63.2 Å². The first-order chi connectivity index (χ1) is 13.2. The molecule has 2 saturated carbocycles. The van der Waals surface area contributed by atoms with Gasteiger partial charge in [0, 0.05) is 25.3 Å². The molecule has 6 heteroatoms. The van der Waals surface area contributed by atoms with Crippen LogP contribution >= 0.6 is 0 Å². The van der Waals surface area contributed by atoms with E-state index >= 15 is 0 Å². The van der Waals surface area contributed by atoms with E-state index in [2.05, 4.69) is 36.0 Å². The van der Waals surface area contributed by atoms with E-state index in [1.54, 1.807) is 6.20 Å². The minimum Gasteiger partial charge on any atom is -0.359 e. The number of amides is 2. The zero-order valence-corrected chi connectivity index (χ0v) is 17.1. The maximum atomic E-state index is 13.4. The third-order valence-electron chi connectivity index (χ3n) is 6.93. The predicted octanol–water partition coefficient (Wildman–Crippen LogP) is 3.29. The fraction of sp³-hybridized carbons (Fsp3) is 0.682. The summed E-state index contributed by atoms with van der Waals surface area (Å²) in [5.41, 5.74) is 1.85. The van der Waals surface area contributed by atoms with Gasteiger partial charge in [0.1, 0.15) is 5.82 Å². The van der Waals surface area contributed by atoms with Gasteiger partial charge in [0.05, 0.1) is 17.8 Å². The molecule has 1 aromatic rings. The molecule has 28 heavy (non-hydrogen) atoms. The summed E-state index contributed by atoms with van der Waals surface area (Å²) >= 11 is 0. The quantitative estimate of drug-likeness (QED) is 0.871. The highest BCUT2D eigenvalue weighted by Gasteiger charge is 2.51. The average Bonchev–Trinajstić information content (AvgIpc) is 3.39. The Balaban J connectivity index is 1.43. The highest BCUT2D eigenvalue weighted by atomic mass is 16.2. The van der Waals surface area contributed by atoms with Crippen LogP contribution in [-0.4, -0.2) is 47.4 Å². The smallest absolute Gasteiger partial charge is 0.255 e. The van der Waals surface area contributed by atoms with Gasteiger partial charge in [-0.1, -0.05) is 20.8 Å². The third-order valence-corrected chi connectivity index (χ3v) is 6.93. The third kappa shape index (κ3) is 3.07. The number of carbonyl (C=O) groups is 2. The molecule has 2 amide bonds. The molecule has 0 radical (unpaired) electrons. The number of carbonyl (C=O) groups excluding carboxylic acids is 2. The summed E-state index contributed by atoms with van der Waals surface area (Å²) in [6, 6.07) is 2.19. The number of aromatic nitrogens is 1. The van der Waals surface area contributed by atoms with Gasteiger partial charge in [-0.25, -0.2) is 4.98 Å². The second-order valence-electron chi connectivity index (χ2n) is 10.5. The van der Waals surface area contributed by atoms with Crippen molar-refractivity contribution in [1.29, 1.82) is 0 Å². The number of hydrogen-bond donors (Lipinski definition) is 1. The summed E-state index contributed by atoms with van der Waals surface area (Å²) in [7, 11) is 0. The first-order valence-electron chi connectivity index (χ1n) is 10.6. The van der Waals surface area contributed by atoms with Crippen LogP contribution in [0.5, 0.6) is 0 Å². The summed E-state index contributed by atoms with van der Waals surface area (Å²) < 4.78 is 0. The molecular formula is C22H30N4O2. The Morgan fingerprint density at radius 1 is 1.29 bits per heavy atom. The lowest BCUT2D eigenvalue weighted by molar-refractivity contribution is -0.117. The zero-order valence-electron chi connectivity index (χ0n) is 17.1. The molecule has 3 heterocycles. The molecule has 0 aromatic carbocycles. The van der Waals surface area contributed by atoms with E-state index in [4.69, 9.17) is 0 Å². The van der Waals surface area contributed by atoms with Crippen molar-refractivity contribution in [2.75, 3.05) is 29.9 Å². The van der Waals surface area contributed by atoms with Crippen LogP contribution in [0.15, 0.2) is 12.3 Å². The number of nitrogens with zero attached hydrogens (tertiary/aromatic N) is 3. The Morgan fingerprint density at radius 2 is 2.07 bits per heavy atom. The molecule has 6 nitrogen and oxygen atoms in total. The van der Waals surface area contributed by atoms with Crippen molar-refractivity contribution in [2.45, 2.75) is 58.9 Å². The standard InChI is InChI=1S/C22H30N4O2/c1-21(2)7-16-8-22(3,12-21)13-26(16)20(28)15-6-17-19(23-9-15)24-10-18(27)25(17)11-14-4-5-14/h6,9,14,16H,4-5,7-8,10-13H2,1-3H3,(H,23,24)/t16-,22-/m1/s1. The number of pyridine rings is 1. The molecule has 3 fully saturated rings. The Kier molecular flexibility index (Phi) is 3.81. The van der Waals surface area contributed by atoms with E-state index in [-0.39, 0.29) is 29.2 Å². The maximum Gasteiger partial charge on any atom is 0.255 e. The maximum absolute atomic E-state index is 13.4. The number of fused-ring (bicyclic) bond motifs is 3. The molecule has 1 N–H and O–H groups in total. The van der Waals surface area contributed by atoms with Gasteiger partial charge in [-0.05, 0) is 54.9 Å². The van der Waals surface area contributed by atoms with Crippen molar-refractivity contribution >= 4 is 23.3 Å². The fourth-order valence-corrected chi connectivity index (χ4v) is 5.92. The molecule has 5 rings (SSSR count). The topological polar surface area (TPSA) is 65.5 Å². The molecule has 2 aliphatic carbocycles. The van der Waals surface area contributed by atoms with E-state index in [9.17, 15) is 9.59 Å². The second kappa shape index (κ2) is 5.94. The summed E-state index contributed by atoms with van der Waals surface area (Å²) in [6.07, 6.45) is 7.35. The van der Waals surface area contributed by atoms with Crippen molar-refractivity contribution < 1.29 is 9.59 Å². The van der Waals surface area contributed by atoms with Crippen LogP contribution in [0.4, 0.5) is 11.5 Å². The molecule has 1 aromatic heterocycles. The van der Waals surface area contributed by atoms with Crippen molar-refractivity contribution in [3.63, 3.8) is 0 Å². The van der Waals surface area contributed by atoms with Crippen LogP contribution in [0.2, 0.25) is 0 Å². The SMILES string of the molecule is CC1(C)C[C@@H]2C[C@@](C)(CN2C(=O)c2cnc3c(c2)N(CC2CC2)C(=O)CN3)C1. The highest BCUT2D eigenvalue weighted by molar-refractivity contribution is 6.04. The van der Waals surface area contributed by atoms with Gasteiger partial charge < -0.3 is 15.1 Å². The van der Waals surface area contributed by atoms with Crippen LogP contribution in [-0.2, 0) is 4.79 Å². The number of anilines is 2. The minimum atomic E-state index is 0.0612. The first kappa shape index (κ1) is 18.0. The van der Waals surface area contributed by atoms with Gasteiger partial charge in [0.2, 0.25) is 5.91 Å². The lowest BCUT2D eigenvalue weighted by Gasteiger charge is -2.39. The van der Waals surface area contributed by atoms with Gasteiger partial charge in [-0.2, -0.15) is 0 Å². The van der Waals surface area contributed by atoms with Gasteiger partial charge in [-0.3, -0.25) is 9.59 Å². The van der Waals surface area contributed by atoms with E-state index in [1.807, 2.05) is 11.0 Å². The number of likely N-dealkylation sites (tertiary alicyclic amines) is 1. The van der Waals surface area contributed by atoms with Crippen molar-refractivity contribution in [2.24, 2.45) is 16.7 Å². The summed E-state index contributed by atoms with van der Waals surface area (Å²) in [4.78, 5) is 34.3. The molecule has 2 atom stereocenters. The van der Waals surface area contributed by atoms with E-state index in [0.29, 0.717) is 23.3 Å². The Labute approximate surface area is 166 Å². The minimum absolute atomic E-state index is 0.0612. The van der Waals surface area contributed by atoms with Crippen molar-refractivity contribution in [3.8, 4) is 0 Å².